The van der Waals surface area contributed by atoms with Crippen molar-refractivity contribution >= 4 is 17.6 Å². The first-order chi connectivity index (χ1) is 15.7. The summed E-state index contributed by atoms with van der Waals surface area (Å²) in [7, 11) is 0. The number of hydrazine groups is 1. The van der Waals surface area contributed by atoms with E-state index in [-0.39, 0.29) is 12.5 Å². The van der Waals surface area contributed by atoms with Crippen molar-refractivity contribution in [2.75, 3.05) is 13.2 Å². The fraction of sp³-hybridized carbons (Fsp3) is 0.154. The van der Waals surface area contributed by atoms with Crippen molar-refractivity contribution in [3.05, 3.63) is 108 Å². The van der Waals surface area contributed by atoms with Gasteiger partial charge in [-0.3, -0.25) is 10.2 Å². The third-order valence-electron chi connectivity index (χ3n) is 5.06. The van der Waals surface area contributed by atoms with Crippen LogP contribution in [0.4, 0.5) is 0 Å². The Morgan fingerprint density at radius 2 is 1.56 bits per heavy atom. The predicted octanol–water partition coefficient (Wildman–Crippen LogP) is 4.37. The van der Waals surface area contributed by atoms with E-state index in [9.17, 15) is 9.59 Å². The molecule has 1 aliphatic heterocycles. The number of nitrogens with one attached hydrogen (secondary N) is 1. The highest BCUT2D eigenvalue weighted by Gasteiger charge is 2.33. The van der Waals surface area contributed by atoms with Gasteiger partial charge in [0.2, 0.25) is 0 Å². The number of hydrogen-bond donors (Lipinski definition) is 1. The van der Waals surface area contributed by atoms with Crippen molar-refractivity contribution in [3.8, 4) is 5.75 Å². The Morgan fingerprint density at radius 1 is 0.906 bits per heavy atom. The van der Waals surface area contributed by atoms with Crippen molar-refractivity contribution in [1.29, 1.82) is 0 Å². The molecule has 32 heavy (non-hydrogen) atoms. The zero-order valence-corrected chi connectivity index (χ0v) is 17.7. The maximum Gasteiger partial charge on any atom is 0.344 e. The molecule has 6 heteroatoms. The highest BCUT2D eigenvalue weighted by molar-refractivity contribution is 5.95. The topological polar surface area (TPSA) is 67.9 Å². The first-order valence-corrected chi connectivity index (χ1v) is 10.5. The van der Waals surface area contributed by atoms with Gasteiger partial charge in [-0.2, -0.15) is 0 Å². The third-order valence-corrected chi connectivity index (χ3v) is 5.06. The van der Waals surface area contributed by atoms with Crippen molar-refractivity contribution < 1.29 is 19.1 Å². The lowest BCUT2D eigenvalue weighted by atomic mass is 10.0. The second-order valence-electron chi connectivity index (χ2n) is 7.18. The molecule has 1 heterocycles. The van der Waals surface area contributed by atoms with E-state index < -0.39 is 12.0 Å². The number of amides is 1. The van der Waals surface area contributed by atoms with Gasteiger partial charge in [0.15, 0.2) is 6.61 Å². The predicted molar refractivity (Wildman–Crippen MR) is 121 cm³/mol. The summed E-state index contributed by atoms with van der Waals surface area (Å²) in [6.45, 7) is 1.84. The molecule has 0 aromatic heterocycles. The van der Waals surface area contributed by atoms with Gasteiger partial charge < -0.3 is 9.47 Å². The van der Waals surface area contributed by atoms with E-state index in [1.54, 1.807) is 30.1 Å². The summed E-state index contributed by atoms with van der Waals surface area (Å²) in [5.74, 6) is -0.0914. The van der Waals surface area contributed by atoms with E-state index in [0.29, 0.717) is 17.9 Å². The lowest BCUT2D eigenvalue weighted by Crippen LogP contribution is -2.39. The molecule has 1 aliphatic rings. The van der Waals surface area contributed by atoms with Gasteiger partial charge in [-0.05, 0) is 36.8 Å². The van der Waals surface area contributed by atoms with Gasteiger partial charge in [0.1, 0.15) is 11.8 Å². The molecule has 6 nitrogen and oxygen atoms in total. The standard InChI is InChI=1S/C26H24N2O4/c1-2-31-25(29)18-32-24-16-10-9-15-21(24)23-17-22(19-11-5-3-6-12-19)27-28(23)26(30)20-13-7-4-8-14-20/h3-17,23,27H,2,18H2,1H3/t23-/m0/s1. The number of benzene rings is 3. The van der Waals surface area contributed by atoms with Crippen LogP contribution in [-0.2, 0) is 9.53 Å². The number of esters is 1. The van der Waals surface area contributed by atoms with Crippen LogP contribution < -0.4 is 10.2 Å². The summed E-state index contributed by atoms with van der Waals surface area (Å²) < 4.78 is 10.7. The first-order valence-electron chi connectivity index (χ1n) is 10.5. The Bertz CT molecular complexity index is 1110. The fourth-order valence-corrected chi connectivity index (χ4v) is 3.57. The number of carbonyl (C=O) groups is 2. The van der Waals surface area contributed by atoms with Crippen molar-refractivity contribution in [1.82, 2.24) is 10.4 Å². The van der Waals surface area contributed by atoms with Crippen LogP contribution in [0.2, 0.25) is 0 Å². The lowest BCUT2D eigenvalue weighted by molar-refractivity contribution is -0.145. The Kier molecular flexibility index (Phi) is 6.51. The molecule has 0 aliphatic carbocycles. The molecular weight excluding hydrogens is 404 g/mol. The second-order valence-corrected chi connectivity index (χ2v) is 7.18. The largest absolute Gasteiger partial charge is 0.482 e. The van der Waals surface area contributed by atoms with Crippen LogP contribution in [0, 0.1) is 0 Å². The average Bonchev–Trinajstić information content (AvgIpc) is 3.29. The lowest BCUT2D eigenvalue weighted by Gasteiger charge is -2.26. The van der Waals surface area contributed by atoms with Crippen LogP contribution in [0.5, 0.6) is 5.75 Å². The Morgan fingerprint density at radius 3 is 2.28 bits per heavy atom. The van der Waals surface area contributed by atoms with Crippen LogP contribution in [0.25, 0.3) is 5.70 Å². The third kappa shape index (κ3) is 4.64. The molecule has 1 amide bonds. The number of ether oxygens (including phenoxy) is 2. The minimum atomic E-state index is -0.440. The summed E-state index contributed by atoms with van der Waals surface area (Å²) in [6.07, 6.45) is 1.99. The van der Waals surface area contributed by atoms with Crippen LogP contribution >= 0.6 is 0 Å². The van der Waals surface area contributed by atoms with Crippen LogP contribution in [0.1, 0.15) is 34.5 Å². The number of para-hydroxylation sites is 1. The molecule has 4 rings (SSSR count). The van der Waals surface area contributed by atoms with Gasteiger partial charge in [-0.15, -0.1) is 0 Å². The van der Waals surface area contributed by atoms with Crippen LogP contribution in [0.3, 0.4) is 0 Å². The van der Waals surface area contributed by atoms with E-state index in [1.807, 2.05) is 72.8 Å². The summed E-state index contributed by atoms with van der Waals surface area (Å²) in [5.41, 5.74) is 6.38. The second kappa shape index (κ2) is 9.83. The number of nitrogens with zero attached hydrogens (tertiary/aromatic N) is 1. The molecule has 162 valence electrons. The van der Waals surface area contributed by atoms with Crippen molar-refractivity contribution in [3.63, 3.8) is 0 Å². The number of hydrogen-bond acceptors (Lipinski definition) is 5. The summed E-state index contributed by atoms with van der Waals surface area (Å²) >= 11 is 0. The highest BCUT2D eigenvalue weighted by atomic mass is 16.6. The zero-order valence-electron chi connectivity index (χ0n) is 17.7. The van der Waals surface area contributed by atoms with Crippen molar-refractivity contribution in [2.24, 2.45) is 0 Å². The fourth-order valence-electron chi connectivity index (χ4n) is 3.57. The average molecular weight is 428 g/mol. The molecule has 0 saturated heterocycles. The van der Waals surface area contributed by atoms with E-state index in [2.05, 4.69) is 5.43 Å². The minimum Gasteiger partial charge on any atom is -0.482 e. The molecule has 0 unspecified atom stereocenters. The molecule has 3 aromatic rings. The number of carbonyl (C=O) groups excluding carboxylic acids is 2. The summed E-state index contributed by atoms with van der Waals surface area (Å²) in [5, 5.41) is 1.59. The van der Waals surface area contributed by atoms with Gasteiger partial charge in [0, 0.05) is 11.1 Å². The molecule has 1 atom stereocenters. The Labute approximate surface area is 187 Å². The van der Waals surface area contributed by atoms with Crippen LogP contribution in [-0.4, -0.2) is 30.1 Å². The van der Waals surface area contributed by atoms with Gasteiger partial charge >= 0.3 is 5.97 Å². The van der Waals surface area contributed by atoms with Gasteiger partial charge in [-0.1, -0.05) is 66.7 Å². The zero-order chi connectivity index (χ0) is 22.3. The molecule has 3 aromatic carbocycles. The molecule has 1 N–H and O–H groups in total. The minimum absolute atomic E-state index is 0.169. The molecule has 0 radical (unpaired) electrons. The normalized spacial score (nSPS) is 15.0. The SMILES string of the molecule is CCOC(=O)COc1ccccc1[C@@H]1C=C(c2ccccc2)NN1C(=O)c1ccccc1. The monoisotopic (exact) mass is 428 g/mol. The molecular formula is C26H24N2O4. The molecule has 0 bridgehead atoms. The summed E-state index contributed by atoms with van der Waals surface area (Å²) in [4.78, 5) is 25.2. The maximum atomic E-state index is 13.4. The van der Waals surface area contributed by atoms with E-state index in [0.717, 1.165) is 16.8 Å². The van der Waals surface area contributed by atoms with Crippen LogP contribution in [0.15, 0.2) is 91.0 Å². The quantitative estimate of drug-likeness (QED) is 0.566. The Hall–Kier alpha value is -4.06. The van der Waals surface area contributed by atoms with Gasteiger partial charge in [0.05, 0.1) is 12.3 Å². The number of rotatable bonds is 7. The summed E-state index contributed by atoms with van der Waals surface area (Å²) in [6, 6.07) is 25.9. The highest BCUT2D eigenvalue weighted by Crippen LogP contribution is 2.36. The first kappa shape index (κ1) is 21.2. The van der Waals surface area contributed by atoms with Gasteiger partial charge in [0.25, 0.3) is 5.91 Å². The van der Waals surface area contributed by atoms with E-state index >= 15 is 0 Å². The Balaban J connectivity index is 1.69. The molecule has 0 spiro atoms. The maximum absolute atomic E-state index is 13.4. The van der Waals surface area contributed by atoms with E-state index in [1.165, 1.54) is 0 Å². The smallest absolute Gasteiger partial charge is 0.344 e. The van der Waals surface area contributed by atoms with Gasteiger partial charge in [-0.25, -0.2) is 9.80 Å². The molecule has 0 saturated carbocycles. The van der Waals surface area contributed by atoms with E-state index in [4.69, 9.17) is 9.47 Å². The molecule has 0 fully saturated rings. The van der Waals surface area contributed by atoms with Crippen molar-refractivity contribution in [2.45, 2.75) is 13.0 Å².